The van der Waals surface area contributed by atoms with Gasteiger partial charge < -0.3 is 26.7 Å². The van der Waals surface area contributed by atoms with Gasteiger partial charge in [-0.25, -0.2) is 0 Å². The van der Waals surface area contributed by atoms with E-state index in [0.717, 1.165) is 60.9 Å². The second-order valence-corrected chi connectivity index (χ2v) is 30.8. The van der Waals surface area contributed by atoms with Gasteiger partial charge in [-0.05, 0) is 95.9 Å². The van der Waals surface area contributed by atoms with E-state index >= 15 is 0 Å². The zero-order valence-corrected chi connectivity index (χ0v) is 51.1. The predicted octanol–water partition coefficient (Wildman–Crippen LogP) is 20.4. The van der Waals surface area contributed by atoms with Gasteiger partial charge in [-0.15, -0.1) is 0 Å². The van der Waals surface area contributed by atoms with E-state index in [9.17, 15) is 0 Å². The molecule has 0 bridgehead atoms. The molecule has 0 saturated heterocycles. The van der Waals surface area contributed by atoms with Crippen LogP contribution >= 0.6 is 16.8 Å². The summed E-state index contributed by atoms with van der Waals surface area (Å²) in [5.74, 6) is 2.65. The monoisotopic (exact) mass is 1030 g/mol. The van der Waals surface area contributed by atoms with Gasteiger partial charge >= 0.3 is 16.8 Å². The molecule has 1 aliphatic heterocycles. The Hall–Kier alpha value is -4.41. The molecule has 1 atom stereocenters. The Morgan fingerprint density at radius 2 is 0.795 bits per heavy atom. The SMILES string of the molecule is COc1cccc2c1OP(Oc1c(-c3cc(C(C)(C)C)cc(C(C)(C)C)c3Op3oc4c(C(C)(C)C)cc(C(C)(C)C)cc4c4cc(C(C)(C)C)cc(C(C)(C)C)c4o3)cc(C(C)(C)C)cc1C(C)(C)C)OC2. The third-order valence-corrected chi connectivity index (χ3v) is 16.1. The van der Waals surface area contributed by atoms with E-state index in [-0.39, 0.29) is 37.9 Å². The van der Waals surface area contributed by atoms with Crippen LogP contribution in [0.1, 0.15) is 216 Å². The Bertz CT molecular complexity index is 2990. The van der Waals surface area contributed by atoms with E-state index in [4.69, 9.17) is 31.2 Å². The first kappa shape index (κ1) is 56.3. The van der Waals surface area contributed by atoms with E-state index in [1.165, 1.54) is 22.3 Å². The number of benzene rings is 5. The van der Waals surface area contributed by atoms with Gasteiger partial charge in [0.2, 0.25) is 0 Å². The predicted molar refractivity (Wildman–Crippen MR) is 310 cm³/mol. The average molecular weight is 1030 g/mol. The zero-order valence-electron chi connectivity index (χ0n) is 49.3. The number of methoxy groups -OCH3 is 1. The van der Waals surface area contributed by atoms with E-state index in [2.05, 4.69) is 215 Å². The lowest BCUT2D eigenvalue weighted by Crippen LogP contribution is -2.20. The maximum atomic E-state index is 7.75. The second kappa shape index (κ2) is 19.0. The fraction of sp³-hybridized carbons (Fsp3) is 0.531. The van der Waals surface area contributed by atoms with Crippen LogP contribution in [0.3, 0.4) is 0 Å². The first-order valence-electron chi connectivity index (χ1n) is 26.2. The molecular weight excluding hydrogens is 943 g/mol. The third-order valence-electron chi connectivity index (χ3n) is 14.1. The molecule has 6 aromatic rings. The number of hydrogen-bond donors (Lipinski definition) is 0. The summed E-state index contributed by atoms with van der Waals surface area (Å²) < 4.78 is 49.0. The summed E-state index contributed by atoms with van der Waals surface area (Å²) in [6.07, 6.45) is 0. The third kappa shape index (κ3) is 11.9. The Labute approximate surface area is 442 Å². The fourth-order valence-corrected chi connectivity index (χ4v) is 11.5. The van der Waals surface area contributed by atoms with E-state index < -0.39 is 22.3 Å². The van der Waals surface area contributed by atoms with Crippen molar-refractivity contribution in [2.45, 2.75) is 216 Å². The summed E-state index contributed by atoms with van der Waals surface area (Å²) >= 11 is 0. The van der Waals surface area contributed by atoms with Crippen LogP contribution in [0.2, 0.25) is 0 Å². The lowest BCUT2D eigenvalue weighted by molar-refractivity contribution is 0.227. The summed E-state index contributed by atoms with van der Waals surface area (Å²) in [5.41, 5.74) is 11.3. The Balaban J connectivity index is 1.67. The van der Waals surface area contributed by atoms with Crippen LogP contribution in [0.25, 0.3) is 33.1 Å². The minimum absolute atomic E-state index is 0.138. The van der Waals surface area contributed by atoms with Gasteiger partial charge in [0.15, 0.2) is 11.5 Å². The maximum absolute atomic E-state index is 7.75. The van der Waals surface area contributed by atoms with Gasteiger partial charge in [0.1, 0.15) is 22.7 Å². The molecule has 0 radical (unpaired) electrons. The molecule has 5 aromatic carbocycles. The van der Waals surface area contributed by atoms with Crippen LogP contribution in [-0.4, -0.2) is 7.11 Å². The molecule has 2 heterocycles. The van der Waals surface area contributed by atoms with E-state index in [0.29, 0.717) is 29.6 Å². The minimum atomic E-state index is -2.18. The van der Waals surface area contributed by atoms with Crippen LogP contribution in [0.4, 0.5) is 0 Å². The Morgan fingerprint density at radius 3 is 1.16 bits per heavy atom. The highest BCUT2D eigenvalue weighted by Crippen LogP contribution is 2.57. The fourth-order valence-electron chi connectivity index (χ4n) is 9.23. The number of hydrogen-bond acceptors (Lipinski definition) is 7. The molecule has 0 saturated carbocycles. The van der Waals surface area contributed by atoms with E-state index in [1.54, 1.807) is 7.11 Å². The molecule has 1 unspecified atom stereocenters. The van der Waals surface area contributed by atoms with Crippen molar-refractivity contribution in [3.8, 4) is 34.1 Å². The van der Waals surface area contributed by atoms with Crippen molar-refractivity contribution in [1.29, 1.82) is 0 Å². The van der Waals surface area contributed by atoms with E-state index in [1.807, 2.05) is 18.2 Å². The van der Waals surface area contributed by atoms with Crippen LogP contribution in [0.5, 0.6) is 23.0 Å². The molecule has 7 rings (SSSR count). The number of ether oxygens (including phenoxy) is 1. The van der Waals surface area contributed by atoms with Gasteiger partial charge in [0, 0.05) is 49.7 Å². The standard InChI is InChI=1S/C64H88O7P2/c1-57(2,3)39-29-43(53(47(33-39)61(13,14)15)68-72-66-37-38-27-26-28-51(65-25)52(38)67-72)44-30-40(58(4,5)6)34-48(62(16,17)18)54(44)69-73-70-55-45(31-41(59(7,8)9)35-49(55)63(19,20)21)46-32-42(60(10,11)12)36-50(56(46)71-73)64(22,23)24/h26-36H,37H2,1-25H3. The van der Waals surface area contributed by atoms with Gasteiger partial charge in [0.05, 0.1) is 13.7 Å². The summed E-state index contributed by atoms with van der Waals surface area (Å²) in [7, 11) is -2.45. The first-order chi connectivity index (χ1) is 33.2. The summed E-state index contributed by atoms with van der Waals surface area (Å²) in [4.78, 5) is 0. The quantitative estimate of drug-likeness (QED) is 0.154. The lowest BCUT2D eigenvalue weighted by atomic mass is 9.75. The van der Waals surface area contributed by atoms with Crippen LogP contribution in [0, 0.1) is 0 Å². The van der Waals surface area contributed by atoms with Crippen LogP contribution < -0.4 is 18.3 Å². The van der Waals surface area contributed by atoms with Gasteiger partial charge in [0.25, 0.3) is 0 Å². The molecule has 9 heteroatoms. The van der Waals surface area contributed by atoms with Crippen molar-refractivity contribution in [3.63, 3.8) is 0 Å². The molecule has 396 valence electrons. The molecule has 0 amide bonds. The number of rotatable bonds is 6. The summed E-state index contributed by atoms with van der Waals surface area (Å²) in [6, 6.07) is 24.5. The van der Waals surface area contributed by atoms with Crippen molar-refractivity contribution in [2.75, 3.05) is 7.11 Å². The van der Waals surface area contributed by atoms with Crippen LogP contribution in [0.15, 0.2) is 75.1 Å². The van der Waals surface area contributed by atoms with Crippen molar-refractivity contribution in [2.24, 2.45) is 0 Å². The normalized spacial score (nSPS) is 15.3. The van der Waals surface area contributed by atoms with Crippen molar-refractivity contribution in [1.82, 2.24) is 0 Å². The highest BCUT2D eigenvalue weighted by molar-refractivity contribution is 7.42. The molecule has 1 aromatic heterocycles. The molecule has 0 fully saturated rings. The van der Waals surface area contributed by atoms with Crippen LogP contribution in [-0.2, 0) is 54.5 Å². The summed E-state index contributed by atoms with van der Waals surface area (Å²) in [6.45, 7) is 54.8. The smallest absolute Gasteiger partial charge is 0.463 e. The topological polar surface area (TPSA) is 72.4 Å². The molecule has 7 nitrogen and oxygen atoms in total. The van der Waals surface area contributed by atoms with Gasteiger partial charge in [-0.3, -0.25) is 4.52 Å². The highest BCUT2D eigenvalue weighted by atomic mass is 31.2. The highest BCUT2D eigenvalue weighted by Gasteiger charge is 2.37. The average Bonchev–Trinajstić information content (AvgIpc) is 3.38. The largest absolute Gasteiger partial charge is 0.493 e. The van der Waals surface area contributed by atoms with Gasteiger partial charge in [-0.1, -0.05) is 203 Å². The molecule has 73 heavy (non-hydrogen) atoms. The van der Waals surface area contributed by atoms with Crippen molar-refractivity contribution in [3.05, 3.63) is 117 Å². The molecule has 0 aliphatic carbocycles. The number of para-hydroxylation sites is 1. The lowest BCUT2D eigenvalue weighted by Gasteiger charge is -2.33. The Morgan fingerprint density at radius 1 is 0.425 bits per heavy atom. The van der Waals surface area contributed by atoms with Crippen molar-refractivity contribution < 1.29 is 31.2 Å². The molecular formula is C64H88O7P2. The molecule has 1 aliphatic rings. The molecule has 0 N–H and O–H groups in total. The minimum Gasteiger partial charge on any atom is -0.493 e. The molecule has 0 spiro atoms. The zero-order chi connectivity index (χ0) is 54.6. The first-order valence-corrected chi connectivity index (χ1v) is 28.4. The summed E-state index contributed by atoms with van der Waals surface area (Å²) in [5, 5.41) is 2.04. The number of fused-ring (bicyclic) bond motifs is 4. The second-order valence-electron chi connectivity index (χ2n) is 28.7. The van der Waals surface area contributed by atoms with Gasteiger partial charge in [-0.2, -0.15) is 0 Å². The Kier molecular flexibility index (Phi) is 14.7. The van der Waals surface area contributed by atoms with Crippen molar-refractivity contribution >= 4 is 38.8 Å². The maximum Gasteiger partial charge on any atom is 0.463 e.